The Hall–Kier alpha value is -1.59. The number of nitrogens with one attached hydrogen (secondary N) is 1. The molecule has 0 aliphatic carbocycles. The van der Waals surface area contributed by atoms with Crippen molar-refractivity contribution in [1.29, 1.82) is 0 Å². The first-order valence-electron chi connectivity index (χ1n) is 6.91. The van der Waals surface area contributed by atoms with Gasteiger partial charge in [-0.05, 0) is 25.7 Å². The van der Waals surface area contributed by atoms with E-state index in [2.05, 4.69) is 29.5 Å². The normalized spacial score (nSPS) is 10.8. The number of nitrogens with zero attached hydrogens (tertiary/aromatic N) is 4. The lowest BCUT2D eigenvalue weighted by Crippen LogP contribution is -2.37. The highest BCUT2D eigenvalue weighted by Crippen LogP contribution is 2.02. The van der Waals surface area contributed by atoms with Crippen molar-refractivity contribution in [2.24, 2.45) is 5.92 Å². The quantitative estimate of drug-likeness (QED) is 0.771. The molecule has 19 heavy (non-hydrogen) atoms. The number of carbonyl (C=O) groups is 1. The van der Waals surface area contributed by atoms with Crippen LogP contribution in [0.25, 0.3) is 0 Å². The highest BCUT2D eigenvalue weighted by molar-refractivity contribution is 5.73. The molecule has 1 aromatic rings. The van der Waals surface area contributed by atoms with Crippen LogP contribution in [0.15, 0.2) is 6.20 Å². The SMILES string of the molecule is CCn1cc(CN(C)C(=O)NCCCC(C)C)nn1.[HH]. The Morgan fingerprint density at radius 1 is 1.58 bits per heavy atom. The molecule has 0 atom stereocenters. The number of hydrogen-bond acceptors (Lipinski definition) is 3. The third-order valence-corrected chi connectivity index (χ3v) is 2.89. The van der Waals surface area contributed by atoms with Crippen molar-refractivity contribution in [3.8, 4) is 0 Å². The minimum atomic E-state index is -0.0604. The number of hydrogen-bond donors (Lipinski definition) is 1. The van der Waals surface area contributed by atoms with Crippen LogP contribution in [0.3, 0.4) is 0 Å². The fourth-order valence-electron chi connectivity index (χ4n) is 1.72. The van der Waals surface area contributed by atoms with Gasteiger partial charge in [0, 0.05) is 21.6 Å². The zero-order chi connectivity index (χ0) is 14.3. The van der Waals surface area contributed by atoms with Gasteiger partial charge in [-0.15, -0.1) is 5.10 Å². The fourth-order valence-corrected chi connectivity index (χ4v) is 1.72. The van der Waals surface area contributed by atoms with Gasteiger partial charge < -0.3 is 10.2 Å². The number of aromatic nitrogens is 3. The number of carbonyl (C=O) groups excluding carboxylic acids is 1. The summed E-state index contributed by atoms with van der Waals surface area (Å²) in [5.74, 6) is 0.679. The van der Waals surface area contributed by atoms with Crippen LogP contribution in [-0.2, 0) is 13.1 Å². The fraction of sp³-hybridized carbons (Fsp3) is 0.769. The van der Waals surface area contributed by atoms with E-state index in [-0.39, 0.29) is 7.46 Å². The van der Waals surface area contributed by atoms with Gasteiger partial charge in [0.15, 0.2) is 0 Å². The molecule has 0 fully saturated rings. The van der Waals surface area contributed by atoms with E-state index in [0.717, 1.165) is 31.6 Å². The van der Waals surface area contributed by atoms with Gasteiger partial charge in [-0.2, -0.15) is 0 Å². The minimum Gasteiger partial charge on any atom is -0.338 e. The van der Waals surface area contributed by atoms with Crippen molar-refractivity contribution >= 4 is 6.03 Å². The van der Waals surface area contributed by atoms with Crippen LogP contribution in [0.4, 0.5) is 4.79 Å². The summed E-state index contributed by atoms with van der Waals surface area (Å²) in [5.41, 5.74) is 0.807. The second-order valence-corrected chi connectivity index (χ2v) is 5.19. The van der Waals surface area contributed by atoms with Gasteiger partial charge in [0.05, 0.1) is 12.7 Å². The first-order chi connectivity index (χ1) is 9.02. The maximum absolute atomic E-state index is 11.8. The van der Waals surface area contributed by atoms with Crippen molar-refractivity contribution in [1.82, 2.24) is 25.2 Å². The Kier molecular flexibility index (Phi) is 6.32. The summed E-state index contributed by atoms with van der Waals surface area (Å²) in [4.78, 5) is 13.5. The zero-order valence-corrected chi connectivity index (χ0v) is 12.4. The molecule has 1 rings (SSSR count). The predicted molar refractivity (Wildman–Crippen MR) is 76.7 cm³/mol. The topological polar surface area (TPSA) is 63.1 Å². The first-order valence-corrected chi connectivity index (χ1v) is 6.91. The number of aryl methyl sites for hydroxylation is 1. The van der Waals surface area contributed by atoms with Crippen LogP contribution in [-0.4, -0.2) is 39.5 Å². The van der Waals surface area contributed by atoms with Gasteiger partial charge in [-0.25, -0.2) is 4.79 Å². The van der Waals surface area contributed by atoms with Crippen molar-refractivity contribution in [2.45, 2.75) is 46.7 Å². The Labute approximate surface area is 116 Å². The van der Waals surface area contributed by atoms with E-state index in [1.807, 2.05) is 13.1 Å². The van der Waals surface area contributed by atoms with E-state index < -0.39 is 0 Å². The van der Waals surface area contributed by atoms with Crippen molar-refractivity contribution in [3.63, 3.8) is 0 Å². The average Bonchev–Trinajstić information content (AvgIpc) is 2.81. The summed E-state index contributed by atoms with van der Waals surface area (Å²) in [7, 11) is 1.77. The molecular formula is C13H27N5O. The molecule has 0 saturated carbocycles. The third-order valence-electron chi connectivity index (χ3n) is 2.89. The van der Waals surface area contributed by atoms with E-state index in [9.17, 15) is 4.79 Å². The zero-order valence-electron chi connectivity index (χ0n) is 12.4. The van der Waals surface area contributed by atoms with Crippen LogP contribution in [0, 0.1) is 5.92 Å². The molecule has 1 heterocycles. The van der Waals surface area contributed by atoms with Crippen molar-refractivity contribution < 1.29 is 6.22 Å². The van der Waals surface area contributed by atoms with Crippen LogP contribution in [0.1, 0.15) is 40.7 Å². The van der Waals surface area contributed by atoms with E-state index >= 15 is 0 Å². The molecule has 6 nitrogen and oxygen atoms in total. The Morgan fingerprint density at radius 2 is 2.32 bits per heavy atom. The molecule has 0 radical (unpaired) electrons. The molecule has 0 unspecified atom stereocenters. The van der Waals surface area contributed by atoms with Crippen molar-refractivity contribution in [3.05, 3.63) is 11.9 Å². The number of rotatable bonds is 7. The van der Waals surface area contributed by atoms with E-state index in [1.54, 1.807) is 16.6 Å². The maximum atomic E-state index is 11.8. The summed E-state index contributed by atoms with van der Waals surface area (Å²) in [6, 6.07) is -0.0604. The molecule has 6 heteroatoms. The molecule has 0 aliphatic heterocycles. The highest BCUT2D eigenvalue weighted by atomic mass is 16.2. The maximum Gasteiger partial charge on any atom is 0.317 e. The number of amides is 2. The van der Waals surface area contributed by atoms with Gasteiger partial charge >= 0.3 is 6.03 Å². The van der Waals surface area contributed by atoms with Gasteiger partial charge in [0.1, 0.15) is 5.69 Å². The van der Waals surface area contributed by atoms with Crippen LogP contribution >= 0.6 is 0 Å². The molecule has 0 bridgehead atoms. The Bertz CT molecular complexity index is 394. The molecule has 0 saturated heterocycles. The van der Waals surface area contributed by atoms with E-state index in [0.29, 0.717) is 12.5 Å². The Balaban J connectivity index is 0.00000361. The summed E-state index contributed by atoms with van der Waals surface area (Å²) in [6.07, 6.45) is 4.01. The lowest BCUT2D eigenvalue weighted by Gasteiger charge is -2.16. The van der Waals surface area contributed by atoms with Gasteiger partial charge in [-0.3, -0.25) is 4.68 Å². The van der Waals surface area contributed by atoms with Crippen molar-refractivity contribution in [2.75, 3.05) is 13.6 Å². The predicted octanol–water partition coefficient (Wildman–Crippen LogP) is 2.12. The largest absolute Gasteiger partial charge is 0.338 e. The second-order valence-electron chi connectivity index (χ2n) is 5.19. The summed E-state index contributed by atoms with van der Waals surface area (Å²) in [6.45, 7) is 8.37. The molecule has 1 aromatic heterocycles. The summed E-state index contributed by atoms with van der Waals surface area (Å²) < 4.78 is 1.75. The summed E-state index contributed by atoms with van der Waals surface area (Å²) in [5, 5.41) is 10.9. The second kappa shape index (κ2) is 7.76. The molecule has 1 N–H and O–H groups in total. The van der Waals surface area contributed by atoms with Gasteiger partial charge in [-0.1, -0.05) is 19.1 Å². The lowest BCUT2D eigenvalue weighted by molar-refractivity contribution is 0.206. The summed E-state index contributed by atoms with van der Waals surface area (Å²) >= 11 is 0. The van der Waals surface area contributed by atoms with E-state index in [4.69, 9.17) is 0 Å². The number of urea groups is 1. The molecule has 0 spiro atoms. The molecule has 2 amide bonds. The highest BCUT2D eigenvalue weighted by Gasteiger charge is 2.10. The Morgan fingerprint density at radius 3 is 2.89 bits per heavy atom. The molecule has 0 aromatic carbocycles. The van der Waals surface area contributed by atoms with Gasteiger partial charge in [0.2, 0.25) is 0 Å². The van der Waals surface area contributed by atoms with Crippen LogP contribution in [0.2, 0.25) is 0 Å². The standard InChI is InChI=1S/C13H25N5O.H2/c1-5-18-10-12(15-16-18)9-17(4)13(19)14-8-6-7-11(2)3;/h10-11H,5-9H2,1-4H3,(H,14,19);1H. The first kappa shape index (κ1) is 15.5. The molecule has 0 aliphatic rings. The minimum absolute atomic E-state index is 0. The lowest BCUT2D eigenvalue weighted by atomic mass is 10.1. The van der Waals surface area contributed by atoms with Gasteiger partial charge in [0.25, 0.3) is 0 Å². The monoisotopic (exact) mass is 269 g/mol. The average molecular weight is 269 g/mol. The van der Waals surface area contributed by atoms with Crippen LogP contribution in [0.5, 0.6) is 0 Å². The third kappa shape index (κ3) is 5.72. The molecular weight excluding hydrogens is 242 g/mol. The van der Waals surface area contributed by atoms with Crippen LogP contribution < -0.4 is 5.32 Å². The van der Waals surface area contributed by atoms with E-state index in [1.165, 1.54) is 0 Å². The smallest absolute Gasteiger partial charge is 0.317 e. The molecule has 110 valence electrons.